The van der Waals surface area contributed by atoms with Gasteiger partial charge in [0.25, 0.3) is 0 Å². The molecule has 0 aliphatic carbocycles. The Morgan fingerprint density at radius 1 is 1.14 bits per heavy atom. The van der Waals surface area contributed by atoms with Crippen molar-refractivity contribution >= 4 is 24.0 Å². The van der Waals surface area contributed by atoms with Crippen LogP contribution in [0, 0.1) is 0 Å². The van der Waals surface area contributed by atoms with Gasteiger partial charge >= 0.3 is 0 Å². The van der Waals surface area contributed by atoms with E-state index < -0.39 is 0 Å². The summed E-state index contributed by atoms with van der Waals surface area (Å²) in [7, 11) is 0. The Morgan fingerprint density at radius 2 is 1.86 bits per heavy atom. The smallest absolute Gasteiger partial charge is 0.134 e. The topological polar surface area (TPSA) is 34.4 Å². The molecule has 0 aliphatic rings. The van der Waals surface area contributed by atoms with Crippen LogP contribution in [0.3, 0.4) is 0 Å². The molecule has 3 nitrogen and oxygen atoms in total. The second-order valence-electron chi connectivity index (χ2n) is 5.22. The summed E-state index contributed by atoms with van der Waals surface area (Å²) in [6.45, 7) is 6.54. The molecule has 1 heterocycles. The van der Waals surface area contributed by atoms with Crippen LogP contribution in [0.1, 0.15) is 26.0 Å². The zero-order chi connectivity index (χ0) is 15.1. The molecule has 0 radical (unpaired) electrons. The first-order valence-corrected chi connectivity index (χ1v) is 7.70. The molecule has 22 heavy (non-hydrogen) atoms. The van der Waals surface area contributed by atoms with Gasteiger partial charge in [-0.25, -0.2) is 0 Å². The van der Waals surface area contributed by atoms with Crippen molar-refractivity contribution in [2.45, 2.75) is 32.9 Å². The zero-order valence-electron chi connectivity index (χ0n) is 13.0. The normalized spacial score (nSPS) is 10.7. The van der Waals surface area contributed by atoms with Gasteiger partial charge in [-0.3, -0.25) is 0 Å². The summed E-state index contributed by atoms with van der Waals surface area (Å²) in [5.74, 6) is 1.80. The van der Waals surface area contributed by atoms with Crippen molar-refractivity contribution in [3.8, 4) is 11.3 Å². The summed E-state index contributed by atoms with van der Waals surface area (Å²) in [6, 6.07) is 11.6. The van der Waals surface area contributed by atoms with Gasteiger partial charge < -0.3 is 14.5 Å². The van der Waals surface area contributed by atoms with Crippen molar-refractivity contribution in [1.29, 1.82) is 0 Å². The highest BCUT2D eigenvalue weighted by Gasteiger charge is 2.04. The Labute approximate surface area is 143 Å². The number of furan rings is 1. The van der Waals surface area contributed by atoms with Gasteiger partial charge in [-0.15, -0.1) is 12.4 Å². The number of hydrogen-bond donors (Lipinski definition) is 1. The van der Waals surface area contributed by atoms with Crippen LogP contribution in [0.2, 0.25) is 5.02 Å². The van der Waals surface area contributed by atoms with E-state index in [1.807, 2.05) is 36.4 Å². The van der Waals surface area contributed by atoms with Crippen LogP contribution < -0.4 is 5.32 Å². The van der Waals surface area contributed by atoms with E-state index in [1.54, 1.807) is 0 Å². The van der Waals surface area contributed by atoms with Gasteiger partial charge in [-0.05, 0) is 63.2 Å². The molecule has 1 N–H and O–H groups in total. The summed E-state index contributed by atoms with van der Waals surface area (Å²) < 4.78 is 11.3. The van der Waals surface area contributed by atoms with Crippen LogP contribution in [-0.4, -0.2) is 19.3 Å². The fraction of sp³-hybridized carbons (Fsp3) is 0.412. The Morgan fingerprint density at radius 3 is 2.55 bits per heavy atom. The molecule has 0 amide bonds. The van der Waals surface area contributed by atoms with Gasteiger partial charge in [0.05, 0.1) is 12.6 Å². The van der Waals surface area contributed by atoms with Gasteiger partial charge in [0.1, 0.15) is 11.5 Å². The quantitative estimate of drug-likeness (QED) is 0.690. The fourth-order valence-corrected chi connectivity index (χ4v) is 2.10. The van der Waals surface area contributed by atoms with E-state index in [2.05, 4.69) is 19.2 Å². The number of nitrogens with one attached hydrogen (secondary N) is 1. The first kappa shape index (κ1) is 19.0. The lowest BCUT2D eigenvalue weighted by Crippen LogP contribution is -2.17. The van der Waals surface area contributed by atoms with Crippen LogP contribution >= 0.6 is 24.0 Å². The van der Waals surface area contributed by atoms with E-state index in [0.29, 0.717) is 6.10 Å². The second kappa shape index (κ2) is 9.90. The molecule has 0 saturated heterocycles. The van der Waals surface area contributed by atoms with E-state index in [-0.39, 0.29) is 12.4 Å². The number of hydrogen-bond acceptors (Lipinski definition) is 3. The lowest BCUT2D eigenvalue weighted by atomic mass is 10.2. The van der Waals surface area contributed by atoms with Crippen LogP contribution in [-0.2, 0) is 11.3 Å². The zero-order valence-corrected chi connectivity index (χ0v) is 14.5. The fourth-order valence-electron chi connectivity index (χ4n) is 1.97. The molecule has 0 bridgehead atoms. The lowest BCUT2D eigenvalue weighted by Gasteiger charge is -2.07. The predicted molar refractivity (Wildman–Crippen MR) is 93.8 cm³/mol. The van der Waals surface area contributed by atoms with E-state index in [0.717, 1.165) is 48.2 Å². The number of halogens is 2. The maximum Gasteiger partial charge on any atom is 0.134 e. The van der Waals surface area contributed by atoms with E-state index in [1.165, 1.54) is 0 Å². The van der Waals surface area contributed by atoms with Crippen LogP contribution in [0.5, 0.6) is 0 Å². The maximum absolute atomic E-state index is 5.88. The standard InChI is InChI=1S/C17H22ClNO2.ClH/c1-13(2)20-11-3-10-19-12-16-8-9-17(21-16)14-4-6-15(18)7-5-14;/h4-9,13,19H,3,10-12H2,1-2H3;1H. The molecule has 0 spiro atoms. The van der Waals surface area contributed by atoms with Crippen LogP contribution in [0.25, 0.3) is 11.3 Å². The first-order chi connectivity index (χ1) is 10.1. The molecule has 1 aromatic heterocycles. The van der Waals surface area contributed by atoms with Gasteiger partial charge in [0.15, 0.2) is 0 Å². The number of rotatable bonds is 8. The Bertz CT molecular complexity index is 538. The molecule has 0 fully saturated rings. The SMILES string of the molecule is CC(C)OCCCNCc1ccc(-c2ccc(Cl)cc2)o1.Cl. The second-order valence-corrected chi connectivity index (χ2v) is 5.66. The number of ether oxygens (including phenoxy) is 1. The maximum atomic E-state index is 5.88. The highest BCUT2D eigenvalue weighted by Crippen LogP contribution is 2.23. The summed E-state index contributed by atoms with van der Waals surface area (Å²) in [5.41, 5.74) is 1.04. The lowest BCUT2D eigenvalue weighted by molar-refractivity contribution is 0.0770. The van der Waals surface area contributed by atoms with Crippen molar-refractivity contribution in [3.63, 3.8) is 0 Å². The van der Waals surface area contributed by atoms with Crippen molar-refractivity contribution < 1.29 is 9.15 Å². The molecule has 2 aromatic rings. The molecule has 0 atom stereocenters. The Hall–Kier alpha value is -1.00. The highest BCUT2D eigenvalue weighted by molar-refractivity contribution is 6.30. The van der Waals surface area contributed by atoms with E-state index in [9.17, 15) is 0 Å². The molecule has 1 aromatic carbocycles. The third-order valence-corrected chi connectivity index (χ3v) is 3.29. The Kier molecular flexibility index (Phi) is 8.57. The van der Waals surface area contributed by atoms with Crippen LogP contribution in [0.4, 0.5) is 0 Å². The molecular formula is C17H23Cl2NO2. The molecule has 0 unspecified atom stereocenters. The molecule has 2 rings (SSSR count). The minimum Gasteiger partial charge on any atom is -0.460 e. The third-order valence-electron chi connectivity index (χ3n) is 3.04. The average Bonchev–Trinajstić information content (AvgIpc) is 2.92. The minimum atomic E-state index is 0. The van der Waals surface area contributed by atoms with Gasteiger partial charge in [0.2, 0.25) is 0 Å². The van der Waals surface area contributed by atoms with Crippen molar-refractivity contribution in [1.82, 2.24) is 5.32 Å². The third kappa shape index (κ3) is 6.41. The summed E-state index contributed by atoms with van der Waals surface area (Å²) in [5, 5.41) is 4.09. The van der Waals surface area contributed by atoms with Gasteiger partial charge in [-0.2, -0.15) is 0 Å². The van der Waals surface area contributed by atoms with Gasteiger partial charge in [0, 0.05) is 17.2 Å². The molecule has 5 heteroatoms. The minimum absolute atomic E-state index is 0. The molecule has 0 saturated carbocycles. The first-order valence-electron chi connectivity index (χ1n) is 7.32. The van der Waals surface area contributed by atoms with Crippen LogP contribution in [0.15, 0.2) is 40.8 Å². The summed E-state index contributed by atoms with van der Waals surface area (Å²) >= 11 is 5.88. The molecular weight excluding hydrogens is 321 g/mol. The summed E-state index contributed by atoms with van der Waals surface area (Å²) in [6.07, 6.45) is 1.31. The highest BCUT2D eigenvalue weighted by atomic mass is 35.5. The predicted octanol–water partition coefficient (Wildman–Crippen LogP) is 4.93. The largest absolute Gasteiger partial charge is 0.460 e. The van der Waals surface area contributed by atoms with E-state index >= 15 is 0 Å². The molecule has 0 aliphatic heterocycles. The number of benzene rings is 1. The monoisotopic (exact) mass is 343 g/mol. The van der Waals surface area contributed by atoms with Gasteiger partial charge in [-0.1, -0.05) is 11.6 Å². The Balaban J connectivity index is 0.00000242. The molecule has 122 valence electrons. The van der Waals surface area contributed by atoms with Crippen molar-refractivity contribution in [2.24, 2.45) is 0 Å². The van der Waals surface area contributed by atoms with Crippen molar-refractivity contribution in [2.75, 3.05) is 13.2 Å². The average molecular weight is 344 g/mol. The summed E-state index contributed by atoms with van der Waals surface area (Å²) in [4.78, 5) is 0. The van der Waals surface area contributed by atoms with E-state index in [4.69, 9.17) is 20.8 Å². The van der Waals surface area contributed by atoms with Crippen molar-refractivity contribution in [3.05, 3.63) is 47.2 Å².